The molecule has 4 rings (SSSR count). The van der Waals surface area contributed by atoms with Crippen molar-refractivity contribution in [3.05, 3.63) is 54.0 Å². The van der Waals surface area contributed by atoms with E-state index >= 15 is 0 Å². The fraction of sp³-hybridized carbons (Fsp3) is 0.533. The summed E-state index contributed by atoms with van der Waals surface area (Å²) in [6, 6.07) is 9.08. The van der Waals surface area contributed by atoms with Crippen LogP contribution >= 0.6 is 7.75 Å². The summed E-state index contributed by atoms with van der Waals surface area (Å²) in [4.78, 5) is 20.8. The first kappa shape index (κ1) is 35.4. The summed E-state index contributed by atoms with van der Waals surface area (Å²) in [5, 5.41) is 29.3. The highest BCUT2D eigenvalue weighted by atomic mass is 31.2. The zero-order chi connectivity index (χ0) is 33.9. The molecule has 2 aromatic heterocycles. The van der Waals surface area contributed by atoms with Gasteiger partial charge >= 0.3 is 13.7 Å². The molecule has 1 aromatic carbocycles. The highest BCUT2D eigenvalue weighted by Crippen LogP contribution is 2.47. The van der Waals surface area contributed by atoms with Crippen molar-refractivity contribution in [3.63, 3.8) is 0 Å². The van der Waals surface area contributed by atoms with E-state index in [1.807, 2.05) is 12.1 Å². The van der Waals surface area contributed by atoms with Crippen molar-refractivity contribution in [1.82, 2.24) is 19.7 Å². The fourth-order valence-corrected chi connectivity index (χ4v) is 6.41. The number of carbonyl (C=O) groups is 1. The Morgan fingerprint density at radius 3 is 2.57 bits per heavy atom. The summed E-state index contributed by atoms with van der Waals surface area (Å²) < 4.78 is 43.9. The average Bonchev–Trinajstić information content (AvgIpc) is 3.55. The van der Waals surface area contributed by atoms with Crippen LogP contribution in [0.2, 0.25) is 0 Å². The fourth-order valence-electron chi connectivity index (χ4n) is 4.90. The van der Waals surface area contributed by atoms with Crippen LogP contribution in [0.3, 0.4) is 0 Å². The van der Waals surface area contributed by atoms with Gasteiger partial charge in [-0.1, -0.05) is 32.9 Å². The van der Waals surface area contributed by atoms with Crippen molar-refractivity contribution in [2.75, 3.05) is 33.1 Å². The number of nitrogens with one attached hydrogen (secondary N) is 1. The molecule has 0 amide bonds. The Bertz CT molecular complexity index is 1580. The zero-order valence-electron chi connectivity index (χ0n) is 27.0. The van der Waals surface area contributed by atoms with Crippen LogP contribution < -0.4 is 15.3 Å². The van der Waals surface area contributed by atoms with E-state index in [4.69, 9.17) is 29.0 Å². The maximum absolute atomic E-state index is 14.2. The number of methoxy groups -OCH3 is 1. The van der Waals surface area contributed by atoms with Gasteiger partial charge in [-0.05, 0) is 49.1 Å². The molecule has 0 bridgehead atoms. The number of aliphatic hydroxyl groups excluding tert-OH is 2. The molecule has 1 aliphatic rings. The number of aromatic nitrogens is 3. The summed E-state index contributed by atoms with van der Waals surface area (Å²) in [5.74, 6) is -0.317. The lowest BCUT2D eigenvalue weighted by Gasteiger charge is -2.28. The van der Waals surface area contributed by atoms with Crippen LogP contribution in [-0.2, 0) is 39.1 Å². The molecule has 3 heterocycles. The van der Waals surface area contributed by atoms with Gasteiger partial charge in [-0.25, -0.2) is 14.1 Å². The third kappa shape index (κ3) is 7.58. The Kier molecular flexibility index (Phi) is 10.9. The molecular weight excluding hydrogens is 619 g/mol. The summed E-state index contributed by atoms with van der Waals surface area (Å²) in [7, 11) is -1.38. The van der Waals surface area contributed by atoms with Crippen LogP contribution in [0.4, 0.5) is 5.82 Å². The van der Waals surface area contributed by atoms with Gasteiger partial charge in [0, 0.05) is 20.4 Å². The standard InChI is InChI=1S/C30H43N6O9P/c1-18(41-7)14-42-28(39)19(2)35-46(40,45-21-10-8-20(9-11-21)29(3,4)5)43-15-23-25(37)26(38)30(44-23,16-32-6)24-13-12-22-27(31)33-17-34-36(22)24/h8-13,16-19,23,25-26,37-38H,14-15H2,1-7H3,(H,35,40)(H2,31,33,34)/b32-16-/t18?,19-,23+,25+,26+,30-,46?/m0/s1. The van der Waals surface area contributed by atoms with Gasteiger partial charge < -0.3 is 34.7 Å². The summed E-state index contributed by atoms with van der Waals surface area (Å²) in [6.45, 7) is 8.80. The molecule has 1 aliphatic heterocycles. The van der Waals surface area contributed by atoms with Gasteiger partial charge in [-0.2, -0.15) is 10.2 Å². The molecule has 0 saturated carbocycles. The maximum Gasteiger partial charge on any atom is 0.459 e. The first-order valence-corrected chi connectivity index (χ1v) is 16.3. The number of nitrogens with zero attached hydrogens (tertiary/aromatic N) is 4. The highest BCUT2D eigenvalue weighted by molar-refractivity contribution is 7.52. The van der Waals surface area contributed by atoms with E-state index in [-0.39, 0.29) is 29.7 Å². The van der Waals surface area contributed by atoms with Crippen molar-refractivity contribution in [3.8, 4) is 5.75 Å². The van der Waals surface area contributed by atoms with E-state index in [1.165, 1.54) is 38.1 Å². The van der Waals surface area contributed by atoms with Gasteiger partial charge in [-0.15, -0.1) is 0 Å². The van der Waals surface area contributed by atoms with Crippen LogP contribution in [0.25, 0.3) is 5.52 Å². The average molecular weight is 663 g/mol. The predicted molar refractivity (Wildman–Crippen MR) is 170 cm³/mol. The zero-order valence-corrected chi connectivity index (χ0v) is 27.9. The normalized spacial score (nSPS) is 24.6. The number of carbonyl (C=O) groups excluding carboxylic acids is 1. The molecule has 5 N–H and O–H groups in total. The van der Waals surface area contributed by atoms with E-state index < -0.39 is 50.3 Å². The van der Waals surface area contributed by atoms with Crippen LogP contribution in [0, 0.1) is 0 Å². The number of hydrogen-bond donors (Lipinski definition) is 4. The van der Waals surface area contributed by atoms with Crippen molar-refractivity contribution >= 4 is 31.3 Å². The second kappa shape index (κ2) is 14.1. The maximum atomic E-state index is 14.2. The molecule has 0 spiro atoms. The Hall–Kier alpha value is -3.43. The molecule has 16 heteroatoms. The minimum Gasteiger partial charge on any atom is -0.462 e. The van der Waals surface area contributed by atoms with Gasteiger partial charge in [0.15, 0.2) is 11.4 Å². The molecule has 252 valence electrons. The Morgan fingerprint density at radius 2 is 1.93 bits per heavy atom. The predicted octanol–water partition coefficient (Wildman–Crippen LogP) is 2.39. The van der Waals surface area contributed by atoms with Crippen molar-refractivity contribution < 1.29 is 42.8 Å². The molecule has 1 fully saturated rings. The lowest BCUT2D eigenvalue weighted by atomic mass is 9.87. The Balaban J connectivity index is 1.59. The van der Waals surface area contributed by atoms with E-state index in [0.717, 1.165) is 5.56 Å². The van der Waals surface area contributed by atoms with Gasteiger partial charge in [0.1, 0.15) is 48.6 Å². The number of aliphatic hydroxyl groups is 2. The Labute approximate surface area is 267 Å². The number of aliphatic imine (C=N–C) groups is 1. The molecule has 46 heavy (non-hydrogen) atoms. The second-order valence-electron chi connectivity index (χ2n) is 12.1. The lowest BCUT2D eigenvalue weighted by molar-refractivity contribution is -0.148. The second-order valence-corrected chi connectivity index (χ2v) is 13.8. The van der Waals surface area contributed by atoms with E-state index in [1.54, 1.807) is 31.2 Å². The van der Waals surface area contributed by atoms with Crippen LogP contribution in [0.1, 0.15) is 45.9 Å². The van der Waals surface area contributed by atoms with Crippen molar-refractivity contribution in [2.45, 2.75) is 76.1 Å². The number of esters is 1. The summed E-state index contributed by atoms with van der Waals surface area (Å²) in [6.07, 6.45) is -2.07. The molecule has 15 nitrogen and oxygen atoms in total. The third-order valence-electron chi connectivity index (χ3n) is 7.62. The molecule has 1 saturated heterocycles. The largest absolute Gasteiger partial charge is 0.462 e. The first-order chi connectivity index (χ1) is 21.6. The number of nitrogen functional groups attached to an aromatic ring is 1. The third-order valence-corrected chi connectivity index (χ3v) is 9.26. The van der Waals surface area contributed by atoms with Gasteiger partial charge in [0.05, 0.1) is 18.4 Å². The number of anilines is 1. The van der Waals surface area contributed by atoms with Crippen LogP contribution in [-0.4, -0.2) is 94.8 Å². The van der Waals surface area contributed by atoms with Gasteiger partial charge in [-0.3, -0.25) is 14.3 Å². The topological polar surface area (TPSA) is 201 Å². The smallest absolute Gasteiger partial charge is 0.459 e. The molecule has 3 aromatic rings. The minimum absolute atomic E-state index is 0.0202. The Morgan fingerprint density at radius 1 is 1.24 bits per heavy atom. The molecule has 2 unspecified atom stereocenters. The van der Waals surface area contributed by atoms with Gasteiger partial charge in [0.2, 0.25) is 0 Å². The number of fused-ring (bicyclic) bond motifs is 1. The SMILES string of the molecule is C/N=C\[C@@]1(c2ccc3c(N)ncnn23)O[C@H](COP(=O)(N[C@@H](C)C(=O)OCC(C)OC)Oc2ccc(C(C)(C)C)cc2)[C@@H](O)[C@H]1O. The van der Waals surface area contributed by atoms with Crippen molar-refractivity contribution in [1.29, 1.82) is 0 Å². The van der Waals surface area contributed by atoms with Gasteiger partial charge in [0.25, 0.3) is 0 Å². The quantitative estimate of drug-likeness (QED) is 0.118. The number of nitrogens with two attached hydrogens (primary N) is 1. The number of ether oxygens (including phenoxy) is 3. The molecule has 7 atom stereocenters. The van der Waals surface area contributed by atoms with E-state index in [0.29, 0.717) is 11.2 Å². The number of rotatable bonds is 13. The lowest BCUT2D eigenvalue weighted by Crippen LogP contribution is -2.43. The van der Waals surface area contributed by atoms with E-state index in [2.05, 4.69) is 40.9 Å². The summed E-state index contributed by atoms with van der Waals surface area (Å²) >= 11 is 0. The summed E-state index contributed by atoms with van der Waals surface area (Å²) in [5.41, 5.74) is 5.95. The minimum atomic E-state index is -4.35. The molecule has 0 radical (unpaired) electrons. The van der Waals surface area contributed by atoms with Crippen molar-refractivity contribution in [2.24, 2.45) is 4.99 Å². The number of benzene rings is 1. The van der Waals surface area contributed by atoms with Crippen LogP contribution in [0.5, 0.6) is 5.75 Å². The number of hydrogen-bond acceptors (Lipinski definition) is 13. The van der Waals surface area contributed by atoms with E-state index in [9.17, 15) is 19.6 Å². The molecule has 0 aliphatic carbocycles. The van der Waals surface area contributed by atoms with Crippen LogP contribution in [0.15, 0.2) is 47.7 Å². The molecular formula is C30H43N6O9P. The monoisotopic (exact) mass is 662 g/mol. The highest BCUT2D eigenvalue weighted by Gasteiger charge is 2.56. The first-order valence-electron chi connectivity index (χ1n) is 14.7.